The van der Waals surface area contributed by atoms with E-state index >= 15 is 0 Å². The van der Waals surface area contributed by atoms with Crippen molar-refractivity contribution in [2.45, 2.75) is 45.6 Å². The third-order valence-corrected chi connectivity index (χ3v) is 4.60. The second-order valence-corrected chi connectivity index (χ2v) is 6.96. The lowest BCUT2D eigenvalue weighted by molar-refractivity contribution is 0.290. The van der Waals surface area contributed by atoms with Crippen LogP contribution in [-0.4, -0.2) is 21.1 Å². The smallest absolute Gasteiger partial charge is 0.216 e. The third-order valence-electron chi connectivity index (χ3n) is 4.33. The second kappa shape index (κ2) is 8.25. The van der Waals surface area contributed by atoms with Crippen molar-refractivity contribution in [3.8, 4) is 5.75 Å². The van der Waals surface area contributed by atoms with Gasteiger partial charge in [-0.1, -0.05) is 38.1 Å². The summed E-state index contributed by atoms with van der Waals surface area (Å²) < 4.78 is 7.97. The lowest BCUT2D eigenvalue weighted by Gasteiger charge is -2.12. The van der Waals surface area contributed by atoms with Crippen molar-refractivity contribution in [1.29, 1.82) is 0 Å². The van der Waals surface area contributed by atoms with Crippen LogP contribution in [0.1, 0.15) is 50.4 Å². The normalized spacial score (nSPS) is 17.5. The summed E-state index contributed by atoms with van der Waals surface area (Å²) in [6.07, 6.45) is 9.66. The van der Waals surface area contributed by atoms with Crippen molar-refractivity contribution >= 4 is 18.4 Å². The maximum absolute atomic E-state index is 5.84. The van der Waals surface area contributed by atoms with Crippen LogP contribution in [0.15, 0.2) is 41.5 Å². The topological polar surface area (TPSA) is 55.2 Å². The molecule has 1 aromatic carbocycles. The first-order valence-electron chi connectivity index (χ1n) is 8.72. The summed E-state index contributed by atoms with van der Waals surface area (Å²) in [5.41, 5.74) is 1.29. The Kier molecular flexibility index (Phi) is 5.81. The minimum atomic E-state index is 0.316. The van der Waals surface area contributed by atoms with Crippen LogP contribution in [0.4, 0.5) is 0 Å². The Hall–Kier alpha value is -2.21. The van der Waals surface area contributed by atoms with E-state index in [0.717, 1.165) is 25.0 Å². The zero-order valence-corrected chi connectivity index (χ0v) is 15.5. The number of nitrogens with zero attached hydrogens (tertiary/aromatic N) is 3. The van der Waals surface area contributed by atoms with Gasteiger partial charge < -0.3 is 4.74 Å². The quantitative estimate of drug-likeness (QED) is 0.458. The van der Waals surface area contributed by atoms with Gasteiger partial charge in [-0.3, -0.25) is 0 Å². The Morgan fingerprint density at radius 2 is 2.16 bits per heavy atom. The third kappa shape index (κ3) is 4.66. The van der Waals surface area contributed by atoms with E-state index in [-0.39, 0.29) is 0 Å². The molecule has 0 saturated heterocycles. The van der Waals surface area contributed by atoms with Crippen LogP contribution in [0.5, 0.6) is 5.75 Å². The first kappa shape index (κ1) is 17.6. The number of rotatable bonds is 6. The monoisotopic (exact) mass is 356 g/mol. The fourth-order valence-corrected chi connectivity index (χ4v) is 2.95. The Labute approximate surface area is 153 Å². The molecule has 1 aromatic heterocycles. The Bertz CT molecular complexity index is 802. The number of aromatic amines is 1. The van der Waals surface area contributed by atoms with Crippen molar-refractivity contribution in [1.82, 2.24) is 14.9 Å². The summed E-state index contributed by atoms with van der Waals surface area (Å²) in [6.45, 7) is 4.66. The molecular weight excluding hydrogens is 332 g/mol. The van der Waals surface area contributed by atoms with Gasteiger partial charge >= 0.3 is 0 Å². The lowest BCUT2D eigenvalue weighted by atomic mass is 9.96. The van der Waals surface area contributed by atoms with Crippen LogP contribution in [-0.2, 0) is 6.61 Å². The van der Waals surface area contributed by atoms with E-state index in [9.17, 15) is 0 Å². The number of aromatic nitrogens is 3. The predicted molar refractivity (Wildman–Crippen MR) is 103 cm³/mol. The molecular formula is C19H24N4OS. The van der Waals surface area contributed by atoms with Crippen molar-refractivity contribution in [3.63, 3.8) is 0 Å². The van der Waals surface area contributed by atoms with Crippen molar-refractivity contribution in [3.05, 3.63) is 52.6 Å². The molecule has 0 aliphatic heterocycles. The van der Waals surface area contributed by atoms with Gasteiger partial charge in [-0.05, 0) is 61.0 Å². The van der Waals surface area contributed by atoms with Gasteiger partial charge in [0, 0.05) is 6.21 Å². The number of H-pyrrole nitrogens is 1. The van der Waals surface area contributed by atoms with Crippen LogP contribution in [0.3, 0.4) is 0 Å². The van der Waals surface area contributed by atoms with Crippen molar-refractivity contribution < 1.29 is 4.74 Å². The Balaban J connectivity index is 1.65. The maximum Gasteiger partial charge on any atom is 0.216 e. The largest absolute Gasteiger partial charge is 0.486 e. The standard InChI is InChI=1S/C19H24N4OS/c1-14(2)16-8-10-17(11-9-16)24-13-18-21-22-19(25)23(18)20-12-15-6-4-3-5-7-15/h3-4,8-12,14-15H,5-7,13H2,1-2H3,(H,22,25)/b20-12-/t15-/m0/s1. The van der Waals surface area contributed by atoms with E-state index in [4.69, 9.17) is 17.0 Å². The predicted octanol–water partition coefficient (Wildman–Crippen LogP) is 4.83. The van der Waals surface area contributed by atoms with Gasteiger partial charge in [0.05, 0.1) is 0 Å². The summed E-state index contributed by atoms with van der Waals surface area (Å²) in [4.78, 5) is 0. The molecule has 1 N–H and O–H groups in total. The zero-order valence-electron chi connectivity index (χ0n) is 14.7. The number of nitrogens with one attached hydrogen (secondary N) is 1. The first-order chi connectivity index (χ1) is 12.1. The summed E-state index contributed by atoms with van der Waals surface area (Å²) in [7, 11) is 0. The summed E-state index contributed by atoms with van der Waals surface area (Å²) in [5, 5.41) is 11.5. The van der Waals surface area contributed by atoms with Gasteiger partial charge in [0.15, 0.2) is 5.82 Å². The molecule has 1 atom stereocenters. The molecule has 0 radical (unpaired) electrons. The highest BCUT2D eigenvalue weighted by molar-refractivity contribution is 7.71. The molecule has 6 heteroatoms. The Morgan fingerprint density at radius 1 is 1.36 bits per heavy atom. The van der Waals surface area contributed by atoms with Gasteiger partial charge in [-0.25, -0.2) is 5.10 Å². The molecule has 3 rings (SSSR count). The van der Waals surface area contributed by atoms with Crippen molar-refractivity contribution in [2.24, 2.45) is 11.0 Å². The van der Waals surface area contributed by atoms with Gasteiger partial charge in [0.25, 0.3) is 0 Å². The minimum absolute atomic E-state index is 0.316. The molecule has 0 fully saturated rings. The fraction of sp³-hybridized carbons (Fsp3) is 0.421. The average Bonchev–Trinajstić information content (AvgIpc) is 2.99. The molecule has 0 unspecified atom stereocenters. The van der Waals surface area contributed by atoms with Gasteiger partial charge in [0.2, 0.25) is 4.77 Å². The molecule has 25 heavy (non-hydrogen) atoms. The first-order valence-corrected chi connectivity index (χ1v) is 9.13. The van der Waals surface area contributed by atoms with Crippen LogP contribution in [0.2, 0.25) is 0 Å². The number of ether oxygens (including phenoxy) is 1. The highest BCUT2D eigenvalue weighted by atomic mass is 32.1. The summed E-state index contributed by atoms with van der Waals surface area (Å²) >= 11 is 5.28. The fourth-order valence-electron chi connectivity index (χ4n) is 2.75. The van der Waals surface area contributed by atoms with Crippen molar-refractivity contribution in [2.75, 3.05) is 0 Å². The maximum atomic E-state index is 5.84. The van der Waals surface area contributed by atoms with Gasteiger partial charge in [-0.15, -0.1) is 0 Å². The second-order valence-electron chi connectivity index (χ2n) is 6.58. The van der Waals surface area contributed by atoms with E-state index in [0.29, 0.717) is 29.0 Å². The number of benzene rings is 1. The van der Waals surface area contributed by atoms with E-state index in [1.54, 1.807) is 4.68 Å². The SMILES string of the molecule is CC(C)c1ccc(OCc2n[nH]c(=S)n2/N=C\[C@H]2CC=CCC2)cc1. The summed E-state index contributed by atoms with van der Waals surface area (Å²) in [5.74, 6) is 2.44. The highest BCUT2D eigenvalue weighted by Gasteiger charge is 2.10. The number of allylic oxidation sites excluding steroid dienone is 2. The molecule has 0 amide bonds. The van der Waals surface area contributed by atoms with Gasteiger partial charge in [0.1, 0.15) is 12.4 Å². The Morgan fingerprint density at radius 3 is 2.84 bits per heavy atom. The molecule has 1 aliphatic rings. The highest BCUT2D eigenvalue weighted by Crippen LogP contribution is 2.19. The molecule has 0 spiro atoms. The van der Waals surface area contributed by atoms with E-state index in [2.05, 4.69) is 53.4 Å². The number of hydrogen-bond donors (Lipinski definition) is 1. The van der Waals surface area contributed by atoms with E-state index < -0.39 is 0 Å². The molecule has 1 heterocycles. The summed E-state index contributed by atoms with van der Waals surface area (Å²) in [6, 6.07) is 8.15. The van der Waals surface area contributed by atoms with Crippen LogP contribution in [0.25, 0.3) is 0 Å². The van der Waals surface area contributed by atoms with Gasteiger partial charge in [-0.2, -0.15) is 14.9 Å². The van der Waals surface area contributed by atoms with E-state index in [1.807, 2.05) is 18.3 Å². The van der Waals surface area contributed by atoms with Crippen LogP contribution < -0.4 is 4.74 Å². The van der Waals surface area contributed by atoms with Crippen LogP contribution in [0, 0.1) is 10.7 Å². The molecule has 2 aromatic rings. The average molecular weight is 356 g/mol. The molecule has 132 valence electrons. The molecule has 0 bridgehead atoms. The number of hydrogen-bond acceptors (Lipinski definition) is 4. The van der Waals surface area contributed by atoms with E-state index in [1.165, 1.54) is 5.56 Å². The zero-order chi connectivity index (χ0) is 17.6. The van der Waals surface area contributed by atoms with Crippen LogP contribution >= 0.6 is 12.2 Å². The molecule has 1 aliphatic carbocycles. The lowest BCUT2D eigenvalue weighted by Crippen LogP contribution is -2.08. The molecule has 5 nitrogen and oxygen atoms in total. The molecule has 0 saturated carbocycles. The minimum Gasteiger partial charge on any atom is -0.486 e.